The normalized spacial score (nSPS) is 11.0. The molecule has 20 heavy (non-hydrogen) atoms. The summed E-state index contributed by atoms with van der Waals surface area (Å²) < 4.78 is 7.48. The van der Waals surface area contributed by atoms with Crippen molar-refractivity contribution in [2.75, 3.05) is 6.61 Å². The van der Waals surface area contributed by atoms with Crippen LogP contribution in [0, 0.1) is 6.92 Å². The molecule has 0 saturated carbocycles. The molecule has 6 heteroatoms. The zero-order valence-electron chi connectivity index (χ0n) is 12.2. The van der Waals surface area contributed by atoms with E-state index in [1.54, 1.807) is 10.9 Å². The molecule has 2 aromatic heterocycles. The summed E-state index contributed by atoms with van der Waals surface area (Å²) in [5, 5.41) is 11.5. The first-order valence-electron chi connectivity index (χ1n) is 6.82. The smallest absolute Gasteiger partial charge is 0.140 e. The Labute approximate surface area is 119 Å². The number of ether oxygens (including phenoxy) is 1. The van der Waals surface area contributed by atoms with E-state index in [1.807, 2.05) is 25.3 Å². The maximum absolute atomic E-state index is 5.68. The minimum absolute atomic E-state index is 0.442. The summed E-state index contributed by atoms with van der Waals surface area (Å²) >= 11 is 0. The van der Waals surface area contributed by atoms with Gasteiger partial charge in [0.25, 0.3) is 0 Å². The first-order chi connectivity index (χ1) is 9.65. The van der Waals surface area contributed by atoms with Crippen LogP contribution < -0.4 is 10.1 Å². The maximum Gasteiger partial charge on any atom is 0.140 e. The van der Waals surface area contributed by atoms with Crippen LogP contribution >= 0.6 is 0 Å². The third kappa shape index (κ3) is 4.31. The summed E-state index contributed by atoms with van der Waals surface area (Å²) in [6.07, 6.45) is 3.70. The van der Waals surface area contributed by atoms with Crippen LogP contribution in [-0.4, -0.2) is 32.6 Å². The second-order valence-corrected chi connectivity index (χ2v) is 4.94. The maximum atomic E-state index is 5.68. The average Bonchev–Trinajstić information content (AvgIpc) is 2.87. The van der Waals surface area contributed by atoms with Crippen molar-refractivity contribution in [3.05, 3.63) is 35.9 Å². The Bertz CT molecular complexity index is 538. The average molecular weight is 275 g/mol. The van der Waals surface area contributed by atoms with Crippen molar-refractivity contribution in [3.8, 4) is 5.75 Å². The van der Waals surface area contributed by atoms with Crippen LogP contribution in [0.1, 0.15) is 25.2 Å². The molecular formula is C14H21N5O. The Morgan fingerprint density at radius 2 is 2.25 bits per heavy atom. The summed E-state index contributed by atoms with van der Waals surface area (Å²) in [6, 6.07) is 4.23. The molecule has 2 rings (SSSR count). The van der Waals surface area contributed by atoms with E-state index < -0.39 is 0 Å². The molecule has 0 aliphatic heterocycles. The highest BCUT2D eigenvalue weighted by atomic mass is 16.5. The van der Waals surface area contributed by atoms with Crippen LogP contribution in [0.15, 0.2) is 24.5 Å². The van der Waals surface area contributed by atoms with Gasteiger partial charge in [-0.3, -0.25) is 4.98 Å². The van der Waals surface area contributed by atoms with Gasteiger partial charge in [0, 0.05) is 25.0 Å². The van der Waals surface area contributed by atoms with E-state index in [-0.39, 0.29) is 0 Å². The molecule has 2 heterocycles. The minimum Gasteiger partial charge on any atom is -0.490 e. The molecule has 0 aromatic carbocycles. The second kappa shape index (κ2) is 7.00. The van der Waals surface area contributed by atoms with Gasteiger partial charge in [-0.1, -0.05) is 19.1 Å². The highest BCUT2D eigenvalue weighted by Crippen LogP contribution is 2.13. The molecule has 108 valence electrons. The summed E-state index contributed by atoms with van der Waals surface area (Å²) in [5.41, 5.74) is 1.84. The minimum atomic E-state index is 0.442. The van der Waals surface area contributed by atoms with Crippen molar-refractivity contribution in [1.82, 2.24) is 25.3 Å². The largest absolute Gasteiger partial charge is 0.490 e. The van der Waals surface area contributed by atoms with E-state index in [0.29, 0.717) is 19.2 Å². The Morgan fingerprint density at radius 1 is 1.40 bits per heavy atom. The van der Waals surface area contributed by atoms with Crippen molar-refractivity contribution < 1.29 is 4.74 Å². The van der Waals surface area contributed by atoms with Gasteiger partial charge in [0.2, 0.25) is 0 Å². The predicted molar refractivity (Wildman–Crippen MR) is 76.5 cm³/mol. The fourth-order valence-electron chi connectivity index (χ4n) is 1.71. The lowest BCUT2D eigenvalue weighted by Gasteiger charge is -2.07. The molecule has 0 aliphatic rings. The van der Waals surface area contributed by atoms with Gasteiger partial charge in [-0.2, -0.15) is 0 Å². The van der Waals surface area contributed by atoms with Gasteiger partial charge in [-0.05, 0) is 19.1 Å². The number of hydrogen-bond acceptors (Lipinski definition) is 5. The molecule has 0 atom stereocenters. The molecule has 0 radical (unpaired) electrons. The summed E-state index contributed by atoms with van der Waals surface area (Å²) in [4.78, 5) is 4.18. The van der Waals surface area contributed by atoms with E-state index >= 15 is 0 Å². The van der Waals surface area contributed by atoms with Crippen molar-refractivity contribution in [1.29, 1.82) is 0 Å². The van der Waals surface area contributed by atoms with Crippen molar-refractivity contribution in [2.24, 2.45) is 0 Å². The van der Waals surface area contributed by atoms with E-state index in [0.717, 1.165) is 23.7 Å². The van der Waals surface area contributed by atoms with Crippen LogP contribution in [0.4, 0.5) is 0 Å². The molecule has 0 saturated heterocycles. The summed E-state index contributed by atoms with van der Waals surface area (Å²) in [7, 11) is 0. The van der Waals surface area contributed by atoms with Gasteiger partial charge < -0.3 is 10.1 Å². The lowest BCUT2D eigenvalue weighted by atomic mass is 10.3. The standard InChI is InChI=1S/C14H21N5O/c1-11(2)16-9-13-10-19(18-17-13)7-8-20-14-5-4-6-15-12(14)3/h4-6,10-11,16H,7-9H2,1-3H3. The molecule has 0 bridgehead atoms. The third-order valence-corrected chi connectivity index (χ3v) is 2.81. The van der Waals surface area contributed by atoms with Crippen molar-refractivity contribution in [3.63, 3.8) is 0 Å². The van der Waals surface area contributed by atoms with Gasteiger partial charge in [0.1, 0.15) is 12.4 Å². The third-order valence-electron chi connectivity index (χ3n) is 2.81. The molecule has 6 nitrogen and oxygen atoms in total. The fourth-order valence-corrected chi connectivity index (χ4v) is 1.71. The Hall–Kier alpha value is -1.95. The molecule has 2 aromatic rings. The topological polar surface area (TPSA) is 64.9 Å². The van der Waals surface area contributed by atoms with Gasteiger partial charge in [-0.15, -0.1) is 5.10 Å². The van der Waals surface area contributed by atoms with Crippen LogP contribution in [0.2, 0.25) is 0 Å². The second-order valence-electron chi connectivity index (χ2n) is 4.94. The van der Waals surface area contributed by atoms with Crippen LogP contribution in [0.25, 0.3) is 0 Å². The zero-order chi connectivity index (χ0) is 14.4. The number of hydrogen-bond donors (Lipinski definition) is 1. The first kappa shape index (κ1) is 14.5. The molecule has 0 unspecified atom stereocenters. The van der Waals surface area contributed by atoms with Crippen LogP contribution in [-0.2, 0) is 13.1 Å². The molecule has 0 amide bonds. The SMILES string of the molecule is Cc1ncccc1OCCn1cc(CNC(C)C)nn1. The highest BCUT2D eigenvalue weighted by Gasteiger charge is 2.03. The number of pyridine rings is 1. The van der Waals surface area contributed by atoms with Gasteiger partial charge in [0.15, 0.2) is 0 Å². The van der Waals surface area contributed by atoms with Crippen LogP contribution in [0.5, 0.6) is 5.75 Å². The van der Waals surface area contributed by atoms with Crippen molar-refractivity contribution in [2.45, 2.75) is 39.9 Å². The lowest BCUT2D eigenvalue weighted by molar-refractivity contribution is 0.286. The fraction of sp³-hybridized carbons (Fsp3) is 0.500. The van der Waals surface area contributed by atoms with Crippen LogP contribution in [0.3, 0.4) is 0 Å². The summed E-state index contributed by atoms with van der Waals surface area (Å²) in [5.74, 6) is 0.814. The highest BCUT2D eigenvalue weighted by molar-refractivity contribution is 5.25. The molecule has 0 spiro atoms. The number of nitrogens with one attached hydrogen (secondary N) is 1. The first-order valence-corrected chi connectivity index (χ1v) is 6.82. The summed E-state index contributed by atoms with van der Waals surface area (Å²) in [6.45, 7) is 8.10. The van der Waals surface area contributed by atoms with E-state index in [2.05, 4.69) is 34.5 Å². The van der Waals surface area contributed by atoms with E-state index in [1.165, 1.54) is 0 Å². The number of aromatic nitrogens is 4. The quantitative estimate of drug-likeness (QED) is 0.830. The number of nitrogens with zero attached hydrogens (tertiary/aromatic N) is 4. The molecular weight excluding hydrogens is 254 g/mol. The molecule has 1 N–H and O–H groups in total. The predicted octanol–water partition coefficient (Wildman–Crippen LogP) is 1.56. The van der Waals surface area contributed by atoms with E-state index in [9.17, 15) is 0 Å². The monoisotopic (exact) mass is 275 g/mol. The molecule has 0 aliphatic carbocycles. The Morgan fingerprint density at radius 3 is 3.00 bits per heavy atom. The van der Waals surface area contributed by atoms with E-state index in [4.69, 9.17) is 4.74 Å². The van der Waals surface area contributed by atoms with Gasteiger partial charge in [-0.25, -0.2) is 4.68 Å². The zero-order valence-corrected chi connectivity index (χ0v) is 12.2. The van der Waals surface area contributed by atoms with Crippen molar-refractivity contribution >= 4 is 0 Å². The van der Waals surface area contributed by atoms with Gasteiger partial charge in [0.05, 0.1) is 17.9 Å². The lowest BCUT2D eigenvalue weighted by Crippen LogP contribution is -2.21. The number of aryl methyl sites for hydroxylation is 1. The Kier molecular flexibility index (Phi) is 5.06. The molecule has 0 fully saturated rings. The van der Waals surface area contributed by atoms with Gasteiger partial charge >= 0.3 is 0 Å². The number of rotatable bonds is 7. The Balaban J connectivity index is 1.78.